The Balaban J connectivity index is 3.27. The van der Waals surface area contributed by atoms with E-state index in [1.807, 2.05) is 18.9 Å². The lowest BCUT2D eigenvalue weighted by atomic mass is 10.5. The molecule has 0 rings (SSSR count). The molecule has 0 bridgehead atoms. The van der Waals surface area contributed by atoms with Gasteiger partial charge in [0.25, 0.3) is 0 Å². The van der Waals surface area contributed by atoms with Gasteiger partial charge < -0.3 is 15.0 Å². The van der Waals surface area contributed by atoms with Crippen LogP contribution in [0.3, 0.4) is 0 Å². The Bertz CT molecular complexity index is 153. The summed E-state index contributed by atoms with van der Waals surface area (Å²) in [4.78, 5) is 1.93. The van der Waals surface area contributed by atoms with Crippen LogP contribution >= 0.6 is 0 Å². The minimum Gasteiger partial charge on any atom is -0.380 e. The van der Waals surface area contributed by atoms with Crippen LogP contribution in [0.15, 0.2) is 0 Å². The highest BCUT2D eigenvalue weighted by molar-refractivity contribution is 4.58. The molecule has 0 unspecified atom stereocenters. The van der Waals surface area contributed by atoms with Gasteiger partial charge >= 0.3 is 6.18 Å². The zero-order valence-electron chi connectivity index (χ0n) is 9.23. The summed E-state index contributed by atoms with van der Waals surface area (Å²) in [6, 6.07) is 0. The average molecular weight is 228 g/mol. The van der Waals surface area contributed by atoms with E-state index in [1.165, 1.54) is 0 Å². The van der Waals surface area contributed by atoms with Gasteiger partial charge in [-0.15, -0.1) is 0 Å². The first kappa shape index (κ1) is 14.7. The van der Waals surface area contributed by atoms with Crippen LogP contribution in [0.25, 0.3) is 0 Å². The third-order valence-corrected chi connectivity index (χ3v) is 1.82. The molecule has 0 saturated carbocycles. The third-order valence-electron chi connectivity index (χ3n) is 1.82. The number of nitrogens with zero attached hydrogens (tertiary/aromatic N) is 1. The van der Waals surface area contributed by atoms with E-state index in [4.69, 9.17) is 4.74 Å². The third kappa shape index (κ3) is 11.6. The van der Waals surface area contributed by atoms with E-state index < -0.39 is 12.7 Å². The van der Waals surface area contributed by atoms with Gasteiger partial charge in [-0.2, -0.15) is 13.2 Å². The van der Waals surface area contributed by atoms with Crippen molar-refractivity contribution in [3.8, 4) is 0 Å². The number of nitrogens with one attached hydrogen (secondary N) is 1. The minimum absolute atomic E-state index is 0.335. The molecule has 0 aromatic rings. The highest BCUT2D eigenvalue weighted by Crippen LogP contribution is 2.11. The van der Waals surface area contributed by atoms with Crippen molar-refractivity contribution in [1.29, 1.82) is 0 Å². The van der Waals surface area contributed by atoms with Gasteiger partial charge in [-0.05, 0) is 14.0 Å². The predicted octanol–water partition coefficient (Wildman–Crippen LogP) is 1.11. The zero-order chi connectivity index (χ0) is 11.7. The molecule has 15 heavy (non-hydrogen) atoms. The molecule has 0 aliphatic heterocycles. The van der Waals surface area contributed by atoms with Crippen molar-refractivity contribution >= 4 is 0 Å². The van der Waals surface area contributed by atoms with Gasteiger partial charge in [-0.25, -0.2) is 0 Å². The Labute approximate surface area is 88.6 Å². The quantitative estimate of drug-likeness (QED) is 0.630. The van der Waals surface area contributed by atoms with Crippen LogP contribution in [0.4, 0.5) is 13.2 Å². The molecular formula is C9H19F3N2O. The number of hydrogen-bond acceptors (Lipinski definition) is 3. The van der Waals surface area contributed by atoms with E-state index in [0.717, 1.165) is 6.54 Å². The van der Waals surface area contributed by atoms with E-state index in [9.17, 15) is 13.2 Å². The van der Waals surface area contributed by atoms with Crippen LogP contribution in [-0.2, 0) is 4.74 Å². The summed E-state index contributed by atoms with van der Waals surface area (Å²) in [5.41, 5.74) is 0. The lowest BCUT2D eigenvalue weighted by Crippen LogP contribution is -2.36. The van der Waals surface area contributed by atoms with Gasteiger partial charge in [0.2, 0.25) is 0 Å². The molecule has 0 amide bonds. The molecule has 1 N–H and O–H groups in total. The average Bonchev–Trinajstić information content (AvgIpc) is 2.11. The molecule has 0 fully saturated rings. The standard InChI is InChI=1S/C9H19F3N2O/c1-3-15-7-6-14(2)5-4-13-8-9(10,11)12/h13H,3-8H2,1-2H3. The van der Waals surface area contributed by atoms with Crippen molar-refractivity contribution in [2.75, 3.05) is 46.4 Å². The number of ether oxygens (including phenoxy) is 1. The molecule has 0 aromatic heterocycles. The van der Waals surface area contributed by atoms with Crippen molar-refractivity contribution < 1.29 is 17.9 Å². The fraction of sp³-hybridized carbons (Fsp3) is 1.00. The van der Waals surface area contributed by atoms with Gasteiger partial charge in [-0.3, -0.25) is 0 Å². The monoisotopic (exact) mass is 228 g/mol. The maximum absolute atomic E-state index is 11.7. The lowest BCUT2D eigenvalue weighted by Gasteiger charge is -2.17. The van der Waals surface area contributed by atoms with Gasteiger partial charge in [0, 0.05) is 26.2 Å². The second kappa shape index (κ2) is 7.90. The van der Waals surface area contributed by atoms with Crippen LogP contribution in [0, 0.1) is 0 Å². The fourth-order valence-electron chi connectivity index (χ4n) is 0.977. The van der Waals surface area contributed by atoms with Crippen molar-refractivity contribution in [1.82, 2.24) is 10.2 Å². The van der Waals surface area contributed by atoms with Gasteiger partial charge in [0.05, 0.1) is 13.2 Å². The first-order valence-electron chi connectivity index (χ1n) is 4.99. The second-order valence-corrected chi connectivity index (χ2v) is 3.29. The number of likely N-dealkylation sites (N-methyl/N-ethyl adjacent to an activating group) is 1. The maximum Gasteiger partial charge on any atom is 0.401 e. The van der Waals surface area contributed by atoms with Gasteiger partial charge in [-0.1, -0.05) is 0 Å². The largest absolute Gasteiger partial charge is 0.401 e. The molecule has 0 aliphatic rings. The van der Waals surface area contributed by atoms with Crippen LogP contribution < -0.4 is 5.32 Å². The van der Waals surface area contributed by atoms with Crippen molar-refractivity contribution in [3.05, 3.63) is 0 Å². The molecule has 0 atom stereocenters. The summed E-state index contributed by atoms with van der Waals surface area (Å²) in [5.74, 6) is 0. The first-order chi connectivity index (χ1) is 6.95. The maximum atomic E-state index is 11.7. The molecule has 0 aliphatic carbocycles. The number of alkyl halides is 3. The van der Waals surface area contributed by atoms with Crippen LogP contribution in [0.1, 0.15) is 6.92 Å². The highest BCUT2D eigenvalue weighted by Gasteiger charge is 2.25. The van der Waals surface area contributed by atoms with Crippen LogP contribution in [0.2, 0.25) is 0 Å². The SMILES string of the molecule is CCOCCN(C)CCNCC(F)(F)F. The molecule has 92 valence electrons. The van der Waals surface area contributed by atoms with E-state index >= 15 is 0 Å². The Morgan fingerprint density at radius 2 is 1.93 bits per heavy atom. The second-order valence-electron chi connectivity index (χ2n) is 3.29. The Kier molecular flexibility index (Phi) is 7.72. The van der Waals surface area contributed by atoms with Crippen LogP contribution in [0.5, 0.6) is 0 Å². The summed E-state index contributed by atoms with van der Waals surface area (Å²) in [5, 5.41) is 2.34. The molecule has 0 saturated heterocycles. The molecule has 0 spiro atoms. The summed E-state index contributed by atoms with van der Waals surface area (Å²) >= 11 is 0. The van der Waals surface area contributed by atoms with Crippen LogP contribution in [-0.4, -0.2) is 57.5 Å². The van der Waals surface area contributed by atoms with Crippen molar-refractivity contribution in [2.24, 2.45) is 0 Å². The number of rotatable bonds is 8. The topological polar surface area (TPSA) is 24.5 Å². The normalized spacial score (nSPS) is 12.4. The van der Waals surface area contributed by atoms with E-state index in [1.54, 1.807) is 0 Å². The number of hydrogen-bond donors (Lipinski definition) is 1. The minimum atomic E-state index is -4.12. The van der Waals surface area contributed by atoms with Crippen molar-refractivity contribution in [3.63, 3.8) is 0 Å². The molecule has 0 aromatic carbocycles. The molecule has 6 heteroatoms. The van der Waals surface area contributed by atoms with Gasteiger partial charge in [0.1, 0.15) is 0 Å². The summed E-state index contributed by atoms with van der Waals surface area (Å²) in [6.07, 6.45) is -4.12. The molecule has 3 nitrogen and oxygen atoms in total. The van der Waals surface area contributed by atoms with E-state index in [0.29, 0.717) is 26.3 Å². The summed E-state index contributed by atoms with van der Waals surface area (Å²) in [6.45, 7) is 3.93. The highest BCUT2D eigenvalue weighted by atomic mass is 19.4. The smallest absolute Gasteiger partial charge is 0.380 e. The van der Waals surface area contributed by atoms with E-state index in [-0.39, 0.29) is 0 Å². The van der Waals surface area contributed by atoms with Gasteiger partial charge in [0.15, 0.2) is 0 Å². The lowest BCUT2D eigenvalue weighted by molar-refractivity contribution is -0.124. The molecule has 0 radical (unpaired) electrons. The Morgan fingerprint density at radius 1 is 1.27 bits per heavy atom. The fourth-order valence-corrected chi connectivity index (χ4v) is 0.977. The summed E-state index contributed by atoms with van der Waals surface area (Å²) in [7, 11) is 1.86. The van der Waals surface area contributed by atoms with E-state index in [2.05, 4.69) is 5.32 Å². The summed E-state index contributed by atoms with van der Waals surface area (Å²) < 4.78 is 40.3. The predicted molar refractivity (Wildman–Crippen MR) is 52.9 cm³/mol. The van der Waals surface area contributed by atoms with Crippen molar-refractivity contribution in [2.45, 2.75) is 13.1 Å². The molecular weight excluding hydrogens is 209 g/mol. The molecule has 0 heterocycles. The first-order valence-corrected chi connectivity index (χ1v) is 4.99. The Hall–Kier alpha value is -0.330. The Morgan fingerprint density at radius 3 is 2.47 bits per heavy atom. The number of halogens is 3. The zero-order valence-corrected chi connectivity index (χ0v) is 9.23.